The topological polar surface area (TPSA) is 33.1 Å². The molecule has 1 aromatic heterocycles. The number of thiazole rings is 1. The summed E-state index contributed by atoms with van der Waals surface area (Å²) in [5, 5.41) is 13.5. The van der Waals surface area contributed by atoms with Crippen LogP contribution in [-0.2, 0) is 12.8 Å². The summed E-state index contributed by atoms with van der Waals surface area (Å²) in [5.74, 6) is 0.277. The summed E-state index contributed by atoms with van der Waals surface area (Å²) in [7, 11) is 0. The van der Waals surface area contributed by atoms with Crippen LogP contribution in [0.4, 0.5) is 0 Å². The van der Waals surface area contributed by atoms with Crippen molar-refractivity contribution >= 4 is 11.3 Å². The van der Waals surface area contributed by atoms with Gasteiger partial charge < -0.3 is 5.11 Å². The van der Waals surface area contributed by atoms with Gasteiger partial charge in [0.15, 0.2) is 0 Å². The number of rotatable bonds is 3. The SMILES string of the molecule is OC(Cc1nccs1)C1CCCc2ccccc21. The van der Waals surface area contributed by atoms with Crippen LogP contribution in [0.3, 0.4) is 0 Å². The number of fused-ring (bicyclic) bond motifs is 1. The average Bonchev–Trinajstić information content (AvgIpc) is 2.91. The maximum Gasteiger partial charge on any atom is 0.0950 e. The minimum atomic E-state index is -0.308. The molecule has 0 radical (unpaired) electrons. The largest absolute Gasteiger partial charge is 0.392 e. The molecule has 1 aromatic carbocycles. The summed E-state index contributed by atoms with van der Waals surface area (Å²) >= 11 is 1.63. The van der Waals surface area contributed by atoms with E-state index in [9.17, 15) is 5.11 Å². The molecule has 3 rings (SSSR count). The van der Waals surface area contributed by atoms with Crippen LogP contribution in [0.5, 0.6) is 0 Å². The first-order valence-corrected chi connectivity index (χ1v) is 7.37. The van der Waals surface area contributed by atoms with Crippen molar-refractivity contribution in [2.24, 2.45) is 0 Å². The van der Waals surface area contributed by atoms with E-state index >= 15 is 0 Å². The highest BCUT2D eigenvalue weighted by Gasteiger charge is 2.26. The Balaban J connectivity index is 1.80. The van der Waals surface area contributed by atoms with Crippen LogP contribution in [0.25, 0.3) is 0 Å². The van der Waals surface area contributed by atoms with Crippen LogP contribution >= 0.6 is 11.3 Å². The highest BCUT2D eigenvalue weighted by atomic mass is 32.1. The van der Waals surface area contributed by atoms with Crippen LogP contribution < -0.4 is 0 Å². The maximum absolute atomic E-state index is 10.5. The summed E-state index contributed by atoms with van der Waals surface area (Å²) in [6.07, 6.45) is 5.59. The van der Waals surface area contributed by atoms with Crippen molar-refractivity contribution in [3.8, 4) is 0 Å². The highest BCUT2D eigenvalue weighted by Crippen LogP contribution is 2.35. The molecule has 1 aliphatic carbocycles. The van der Waals surface area contributed by atoms with E-state index in [1.807, 2.05) is 11.6 Å². The van der Waals surface area contributed by atoms with Gasteiger partial charge in [-0.05, 0) is 30.4 Å². The zero-order valence-corrected chi connectivity index (χ0v) is 11.1. The Morgan fingerprint density at radius 3 is 3.11 bits per heavy atom. The van der Waals surface area contributed by atoms with Gasteiger partial charge in [-0.3, -0.25) is 0 Å². The molecule has 1 heterocycles. The summed E-state index contributed by atoms with van der Waals surface area (Å²) < 4.78 is 0. The lowest BCUT2D eigenvalue weighted by atomic mass is 9.79. The monoisotopic (exact) mass is 259 g/mol. The first-order valence-electron chi connectivity index (χ1n) is 6.49. The van der Waals surface area contributed by atoms with Crippen LogP contribution in [0.1, 0.15) is 34.9 Å². The third-order valence-electron chi connectivity index (χ3n) is 3.75. The standard InChI is InChI=1S/C15H17NOS/c17-14(10-15-16-8-9-18-15)13-7-3-5-11-4-1-2-6-12(11)13/h1-2,4,6,8-9,13-14,17H,3,5,7,10H2. The molecular formula is C15H17NOS. The second-order valence-corrected chi connectivity index (χ2v) is 5.87. The lowest BCUT2D eigenvalue weighted by Gasteiger charge is -2.29. The van der Waals surface area contributed by atoms with Gasteiger partial charge in [-0.2, -0.15) is 0 Å². The molecule has 0 saturated heterocycles. The Morgan fingerprint density at radius 2 is 2.28 bits per heavy atom. The Labute approximate surface area is 111 Å². The van der Waals surface area contributed by atoms with Gasteiger partial charge in [-0.15, -0.1) is 11.3 Å². The second-order valence-electron chi connectivity index (χ2n) is 4.89. The number of hydrogen-bond acceptors (Lipinski definition) is 3. The number of aromatic nitrogens is 1. The van der Waals surface area contributed by atoms with Crippen LogP contribution in [0.2, 0.25) is 0 Å². The van der Waals surface area contributed by atoms with Gasteiger partial charge in [0.1, 0.15) is 0 Å². The molecule has 0 saturated carbocycles. The Hall–Kier alpha value is -1.19. The quantitative estimate of drug-likeness (QED) is 0.918. The molecule has 0 amide bonds. The molecule has 0 spiro atoms. The number of aryl methyl sites for hydroxylation is 1. The number of hydrogen-bond donors (Lipinski definition) is 1. The van der Waals surface area contributed by atoms with Gasteiger partial charge in [-0.1, -0.05) is 24.3 Å². The minimum absolute atomic E-state index is 0.277. The van der Waals surface area contributed by atoms with Gasteiger partial charge in [-0.25, -0.2) is 4.98 Å². The molecule has 1 N–H and O–H groups in total. The van der Waals surface area contributed by atoms with E-state index in [-0.39, 0.29) is 12.0 Å². The third-order valence-corrected chi connectivity index (χ3v) is 4.55. The van der Waals surface area contributed by atoms with Crippen molar-refractivity contribution < 1.29 is 5.11 Å². The molecule has 1 aliphatic rings. The van der Waals surface area contributed by atoms with Gasteiger partial charge in [0.25, 0.3) is 0 Å². The number of nitrogens with zero attached hydrogens (tertiary/aromatic N) is 1. The molecule has 2 aromatic rings. The van der Waals surface area contributed by atoms with Gasteiger partial charge in [0, 0.05) is 23.9 Å². The number of aliphatic hydroxyl groups is 1. The first-order chi connectivity index (χ1) is 8.84. The molecule has 2 atom stereocenters. The van der Waals surface area contributed by atoms with Crippen molar-refractivity contribution in [1.29, 1.82) is 0 Å². The number of benzene rings is 1. The smallest absolute Gasteiger partial charge is 0.0950 e. The van der Waals surface area contributed by atoms with Crippen molar-refractivity contribution in [3.63, 3.8) is 0 Å². The van der Waals surface area contributed by atoms with E-state index in [0.29, 0.717) is 6.42 Å². The fourth-order valence-electron chi connectivity index (χ4n) is 2.87. The predicted octanol–water partition coefficient (Wildman–Crippen LogP) is 3.17. The fourth-order valence-corrected chi connectivity index (χ4v) is 3.53. The van der Waals surface area contributed by atoms with E-state index in [2.05, 4.69) is 29.2 Å². The van der Waals surface area contributed by atoms with Crippen LogP contribution in [-0.4, -0.2) is 16.2 Å². The molecule has 0 aliphatic heterocycles. The first kappa shape index (κ1) is 11.9. The van der Waals surface area contributed by atoms with Gasteiger partial charge >= 0.3 is 0 Å². The summed E-state index contributed by atoms with van der Waals surface area (Å²) in [6, 6.07) is 8.53. The number of aliphatic hydroxyl groups excluding tert-OH is 1. The minimum Gasteiger partial charge on any atom is -0.392 e. The van der Waals surface area contributed by atoms with E-state index in [4.69, 9.17) is 0 Å². The fraction of sp³-hybridized carbons (Fsp3) is 0.400. The molecular weight excluding hydrogens is 242 g/mol. The zero-order chi connectivity index (χ0) is 12.4. The normalized spacial score (nSPS) is 20.4. The highest BCUT2D eigenvalue weighted by molar-refractivity contribution is 7.09. The zero-order valence-electron chi connectivity index (χ0n) is 10.2. The Morgan fingerprint density at radius 1 is 1.39 bits per heavy atom. The molecule has 2 nitrogen and oxygen atoms in total. The van der Waals surface area contributed by atoms with E-state index < -0.39 is 0 Å². The van der Waals surface area contributed by atoms with Gasteiger partial charge in [0.2, 0.25) is 0 Å². The summed E-state index contributed by atoms with van der Waals surface area (Å²) in [4.78, 5) is 4.27. The summed E-state index contributed by atoms with van der Waals surface area (Å²) in [5.41, 5.74) is 2.75. The van der Waals surface area contributed by atoms with Crippen molar-refractivity contribution in [3.05, 3.63) is 52.0 Å². The van der Waals surface area contributed by atoms with Crippen molar-refractivity contribution in [2.45, 2.75) is 37.7 Å². The molecule has 18 heavy (non-hydrogen) atoms. The average molecular weight is 259 g/mol. The predicted molar refractivity (Wildman–Crippen MR) is 73.9 cm³/mol. The molecule has 0 fully saturated rings. The summed E-state index contributed by atoms with van der Waals surface area (Å²) in [6.45, 7) is 0. The Bertz CT molecular complexity index is 509. The van der Waals surface area contributed by atoms with Crippen LogP contribution in [0.15, 0.2) is 35.8 Å². The van der Waals surface area contributed by atoms with Crippen molar-refractivity contribution in [1.82, 2.24) is 4.98 Å². The second kappa shape index (κ2) is 5.21. The molecule has 3 heteroatoms. The third kappa shape index (κ3) is 2.33. The Kier molecular flexibility index (Phi) is 3.43. The molecule has 2 unspecified atom stereocenters. The van der Waals surface area contributed by atoms with Crippen molar-refractivity contribution in [2.75, 3.05) is 0 Å². The van der Waals surface area contributed by atoms with E-state index in [0.717, 1.165) is 17.8 Å². The molecule has 0 bridgehead atoms. The van der Waals surface area contributed by atoms with Crippen LogP contribution in [0, 0.1) is 0 Å². The molecule has 94 valence electrons. The maximum atomic E-state index is 10.5. The van der Waals surface area contributed by atoms with Gasteiger partial charge in [0.05, 0.1) is 11.1 Å². The van der Waals surface area contributed by atoms with E-state index in [1.165, 1.54) is 17.5 Å². The lowest BCUT2D eigenvalue weighted by Crippen LogP contribution is -2.24. The lowest BCUT2D eigenvalue weighted by molar-refractivity contribution is 0.134. The van der Waals surface area contributed by atoms with E-state index in [1.54, 1.807) is 11.3 Å².